The maximum Gasteiger partial charge on any atom is 0.272 e. The van der Waals surface area contributed by atoms with E-state index in [1.165, 1.54) is 34.2 Å². The molecule has 2 heterocycles. The number of aryl methyl sites for hydroxylation is 2. The molecule has 0 aliphatic carbocycles. The lowest BCUT2D eigenvalue weighted by Crippen LogP contribution is -2.24. The minimum atomic E-state index is -0.165. The number of amides is 1. The Morgan fingerprint density at radius 1 is 1.12 bits per heavy atom. The lowest BCUT2D eigenvalue weighted by molar-refractivity contribution is -0.113. The first-order chi connectivity index (χ1) is 15.9. The van der Waals surface area contributed by atoms with Gasteiger partial charge in [0.15, 0.2) is 5.16 Å². The molecular weight excluding hydrogens is 454 g/mol. The number of carbonyl (C=O) groups is 1. The number of thiophene rings is 1. The number of aromatic nitrogens is 2. The van der Waals surface area contributed by atoms with E-state index in [4.69, 9.17) is 4.74 Å². The number of benzene rings is 2. The van der Waals surface area contributed by atoms with Crippen LogP contribution in [0.5, 0.6) is 5.75 Å². The Morgan fingerprint density at radius 2 is 1.91 bits per heavy atom. The van der Waals surface area contributed by atoms with Crippen LogP contribution in [0, 0.1) is 13.8 Å². The molecule has 1 N–H and O–H groups in total. The predicted molar refractivity (Wildman–Crippen MR) is 136 cm³/mol. The van der Waals surface area contributed by atoms with Crippen molar-refractivity contribution in [2.75, 3.05) is 17.7 Å². The molecule has 1 amide bonds. The van der Waals surface area contributed by atoms with Gasteiger partial charge in [0.2, 0.25) is 5.91 Å². The molecule has 0 unspecified atom stereocenters. The Labute approximate surface area is 200 Å². The number of hydrogen-bond donors (Lipinski definition) is 1. The average molecular weight is 480 g/mol. The predicted octanol–water partition coefficient (Wildman–Crippen LogP) is 5.25. The highest BCUT2D eigenvalue weighted by atomic mass is 32.2. The summed E-state index contributed by atoms with van der Waals surface area (Å²) in [6.45, 7) is 7.04. The Bertz CT molecular complexity index is 1340. The lowest BCUT2D eigenvalue weighted by Gasteiger charge is -2.13. The molecule has 0 fully saturated rings. The van der Waals surface area contributed by atoms with Crippen LogP contribution in [-0.4, -0.2) is 27.8 Å². The normalized spacial score (nSPS) is 11.0. The summed E-state index contributed by atoms with van der Waals surface area (Å²) in [4.78, 5) is 30.4. The summed E-state index contributed by atoms with van der Waals surface area (Å²) in [6.07, 6.45) is 0. The molecule has 0 aliphatic rings. The fraction of sp³-hybridized carbons (Fsp3) is 0.240. The second-order valence-corrected chi connectivity index (χ2v) is 9.49. The molecular formula is C25H25N3O3S2. The highest BCUT2D eigenvalue weighted by Crippen LogP contribution is 2.23. The van der Waals surface area contributed by atoms with Gasteiger partial charge in [-0.05, 0) is 73.2 Å². The molecule has 0 atom stereocenters. The second kappa shape index (κ2) is 10.2. The number of hydrogen-bond acceptors (Lipinski definition) is 6. The van der Waals surface area contributed by atoms with Crippen molar-refractivity contribution in [3.63, 3.8) is 0 Å². The Hall–Kier alpha value is -3.10. The number of fused-ring (bicyclic) bond motifs is 1. The molecule has 0 saturated heterocycles. The van der Waals surface area contributed by atoms with Gasteiger partial charge in [0, 0.05) is 5.69 Å². The van der Waals surface area contributed by atoms with Crippen molar-refractivity contribution in [1.29, 1.82) is 0 Å². The smallest absolute Gasteiger partial charge is 0.272 e. The number of nitrogens with zero attached hydrogens (tertiary/aromatic N) is 2. The van der Waals surface area contributed by atoms with Crippen molar-refractivity contribution >= 4 is 44.9 Å². The second-order valence-electron chi connectivity index (χ2n) is 7.63. The molecule has 0 spiro atoms. The maximum atomic E-state index is 13.2. The molecule has 4 aromatic rings. The first-order valence-corrected chi connectivity index (χ1v) is 12.5. The minimum absolute atomic E-state index is 0.0809. The largest absolute Gasteiger partial charge is 0.494 e. The molecule has 8 heteroatoms. The third-order valence-corrected chi connectivity index (χ3v) is 7.09. The van der Waals surface area contributed by atoms with Crippen LogP contribution in [0.15, 0.2) is 63.9 Å². The van der Waals surface area contributed by atoms with Gasteiger partial charge in [0.05, 0.1) is 24.4 Å². The summed E-state index contributed by atoms with van der Waals surface area (Å²) in [6, 6.07) is 15.3. The summed E-state index contributed by atoms with van der Waals surface area (Å²) in [7, 11) is 0. The van der Waals surface area contributed by atoms with Crippen molar-refractivity contribution in [3.8, 4) is 5.75 Å². The van der Waals surface area contributed by atoms with Crippen molar-refractivity contribution in [2.24, 2.45) is 0 Å². The molecule has 2 aromatic heterocycles. The summed E-state index contributed by atoms with van der Waals surface area (Å²) in [5, 5.41) is 5.28. The highest BCUT2D eigenvalue weighted by Gasteiger charge is 2.15. The summed E-state index contributed by atoms with van der Waals surface area (Å²) in [5.74, 6) is 0.734. The Morgan fingerprint density at radius 3 is 2.64 bits per heavy atom. The number of anilines is 1. The number of rotatable bonds is 8. The monoisotopic (exact) mass is 479 g/mol. The van der Waals surface area contributed by atoms with Gasteiger partial charge in [0.25, 0.3) is 5.56 Å². The van der Waals surface area contributed by atoms with E-state index in [0.717, 1.165) is 11.3 Å². The topological polar surface area (TPSA) is 73.2 Å². The van der Waals surface area contributed by atoms with Crippen LogP contribution in [0.4, 0.5) is 5.69 Å². The standard InChI is InChI=1S/C25H25N3O3S2/c1-4-31-20-9-7-19(8-10-20)26-22(29)15-33-25-27-21-11-12-32-23(21)24(30)28(25)14-18-6-5-16(2)17(3)13-18/h5-13H,4,14-15H2,1-3H3,(H,26,29). The quantitative estimate of drug-likeness (QED) is 0.276. The first-order valence-electron chi connectivity index (χ1n) is 10.6. The van der Waals surface area contributed by atoms with Crippen LogP contribution < -0.4 is 15.6 Å². The molecule has 4 rings (SSSR count). The Balaban J connectivity index is 1.53. The van der Waals surface area contributed by atoms with E-state index in [0.29, 0.717) is 34.2 Å². The van der Waals surface area contributed by atoms with E-state index < -0.39 is 0 Å². The molecule has 0 bridgehead atoms. The van der Waals surface area contributed by atoms with Gasteiger partial charge in [-0.25, -0.2) is 4.98 Å². The SMILES string of the molecule is CCOc1ccc(NC(=O)CSc2nc3ccsc3c(=O)n2Cc2ccc(C)c(C)c2)cc1. The summed E-state index contributed by atoms with van der Waals surface area (Å²) in [5.41, 5.74) is 4.68. The van der Waals surface area contributed by atoms with Gasteiger partial charge in [-0.2, -0.15) is 0 Å². The van der Waals surface area contributed by atoms with Gasteiger partial charge in [-0.15, -0.1) is 11.3 Å². The van der Waals surface area contributed by atoms with E-state index >= 15 is 0 Å². The van der Waals surface area contributed by atoms with Crippen LogP contribution in [0.2, 0.25) is 0 Å². The van der Waals surface area contributed by atoms with Crippen LogP contribution in [0.25, 0.3) is 10.2 Å². The summed E-state index contributed by atoms with van der Waals surface area (Å²) < 4.78 is 7.72. The van der Waals surface area contributed by atoms with E-state index in [9.17, 15) is 9.59 Å². The number of thioether (sulfide) groups is 1. The van der Waals surface area contributed by atoms with Gasteiger partial charge >= 0.3 is 0 Å². The molecule has 6 nitrogen and oxygen atoms in total. The van der Waals surface area contributed by atoms with Crippen LogP contribution in [0.1, 0.15) is 23.6 Å². The van der Waals surface area contributed by atoms with Crippen molar-refractivity contribution < 1.29 is 9.53 Å². The fourth-order valence-electron chi connectivity index (χ4n) is 3.39. The maximum absolute atomic E-state index is 13.2. The van der Waals surface area contributed by atoms with Gasteiger partial charge in [-0.3, -0.25) is 14.2 Å². The third-order valence-electron chi connectivity index (χ3n) is 5.22. The zero-order chi connectivity index (χ0) is 23.4. The highest BCUT2D eigenvalue weighted by molar-refractivity contribution is 7.99. The van der Waals surface area contributed by atoms with Crippen LogP contribution in [0.3, 0.4) is 0 Å². The first kappa shape index (κ1) is 23.1. The molecule has 170 valence electrons. The zero-order valence-corrected chi connectivity index (χ0v) is 20.4. The van der Waals surface area contributed by atoms with E-state index in [1.54, 1.807) is 16.7 Å². The number of nitrogens with one attached hydrogen (secondary N) is 1. The van der Waals surface area contributed by atoms with Crippen molar-refractivity contribution in [1.82, 2.24) is 9.55 Å². The Kier molecular flexibility index (Phi) is 7.15. The van der Waals surface area contributed by atoms with Crippen molar-refractivity contribution in [3.05, 3.63) is 81.0 Å². The van der Waals surface area contributed by atoms with Crippen LogP contribution >= 0.6 is 23.1 Å². The summed E-state index contributed by atoms with van der Waals surface area (Å²) >= 11 is 2.65. The fourth-order valence-corrected chi connectivity index (χ4v) is 4.96. The molecule has 0 radical (unpaired) electrons. The average Bonchev–Trinajstić information content (AvgIpc) is 3.27. The number of ether oxygens (including phenoxy) is 1. The van der Waals surface area contributed by atoms with Crippen LogP contribution in [-0.2, 0) is 11.3 Å². The van der Waals surface area contributed by atoms with Gasteiger partial charge in [0.1, 0.15) is 10.4 Å². The zero-order valence-electron chi connectivity index (χ0n) is 18.8. The minimum Gasteiger partial charge on any atom is -0.494 e. The van der Waals surface area contributed by atoms with E-state index in [1.807, 2.05) is 36.6 Å². The lowest BCUT2D eigenvalue weighted by atomic mass is 10.1. The third kappa shape index (κ3) is 5.46. The molecule has 0 aliphatic heterocycles. The van der Waals surface area contributed by atoms with Crippen molar-refractivity contribution in [2.45, 2.75) is 32.5 Å². The van der Waals surface area contributed by atoms with E-state index in [-0.39, 0.29) is 17.2 Å². The molecule has 2 aromatic carbocycles. The molecule has 0 saturated carbocycles. The van der Waals surface area contributed by atoms with E-state index in [2.05, 4.69) is 36.3 Å². The van der Waals surface area contributed by atoms with Gasteiger partial charge in [-0.1, -0.05) is 30.0 Å². The number of carbonyl (C=O) groups excluding carboxylic acids is 1. The molecule has 33 heavy (non-hydrogen) atoms. The van der Waals surface area contributed by atoms with Gasteiger partial charge < -0.3 is 10.1 Å².